The highest BCUT2D eigenvalue weighted by Gasteiger charge is 2.41. The van der Waals surface area contributed by atoms with Crippen LogP contribution in [0, 0.1) is 11.3 Å². The number of rotatable bonds is 5. The van der Waals surface area contributed by atoms with Gasteiger partial charge in [0.1, 0.15) is 0 Å². The highest BCUT2D eigenvalue weighted by molar-refractivity contribution is 7.92. The maximum atomic E-state index is 12.0. The lowest BCUT2D eigenvalue weighted by atomic mass is 9.82. The SMILES string of the molecule is CC(CN)(CCS(=O)(=O)C(C)(C)C)C1CC1. The van der Waals surface area contributed by atoms with Gasteiger partial charge in [-0.3, -0.25) is 0 Å². The van der Waals surface area contributed by atoms with Gasteiger partial charge in [-0.1, -0.05) is 6.92 Å². The van der Waals surface area contributed by atoms with Crippen molar-refractivity contribution in [2.75, 3.05) is 12.3 Å². The topological polar surface area (TPSA) is 60.2 Å². The Balaban J connectivity index is 2.63. The molecular formula is C12H25NO2S. The minimum Gasteiger partial charge on any atom is -0.330 e. The maximum Gasteiger partial charge on any atom is 0.155 e. The molecule has 1 fully saturated rings. The van der Waals surface area contributed by atoms with E-state index in [0.717, 1.165) is 0 Å². The summed E-state index contributed by atoms with van der Waals surface area (Å²) in [4.78, 5) is 0. The van der Waals surface area contributed by atoms with Gasteiger partial charge in [0, 0.05) is 0 Å². The van der Waals surface area contributed by atoms with E-state index in [1.165, 1.54) is 12.8 Å². The molecule has 16 heavy (non-hydrogen) atoms. The molecule has 1 saturated carbocycles. The molecule has 96 valence electrons. The molecule has 0 aromatic carbocycles. The highest BCUT2D eigenvalue weighted by Crippen LogP contribution is 2.47. The van der Waals surface area contributed by atoms with Crippen LogP contribution >= 0.6 is 0 Å². The molecule has 1 rings (SSSR count). The van der Waals surface area contributed by atoms with Gasteiger partial charge < -0.3 is 5.73 Å². The predicted octanol–water partition coefficient (Wildman–Crippen LogP) is 1.96. The molecule has 0 amide bonds. The van der Waals surface area contributed by atoms with E-state index < -0.39 is 14.6 Å². The van der Waals surface area contributed by atoms with Gasteiger partial charge in [0.15, 0.2) is 9.84 Å². The quantitative estimate of drug-likeness (QED) is 0.808. The Kier molecular flexibility index (Phi) is 3.75. The third-order valence-electron chi connectivity index (χ3n) is 3.90. The van der Waals surface area contributed by atoms with E-state index in [1.54, 1.807) is 20.8 Å². The predicted molar refractivity (Wildman–Crippen MR) is 68.0 cm³/mol. The Morgan fingerprint density at radius 2 is 1.69 bits per heavy atom. The second kappa shape index (κ2) is 4.30. The van der Waals surface area contributed by atoms with Crippen molar-refractivity contribution in [3.8, 4) is 0 Å². The minimum atomic E-state index is -3.00. The Bertz CT molecular complexity index is 339. The van der Waals surface area contributed by atoms with Crippen LogP contribution in [-0.4, -0.2) is 25.5 Å². The van der Waals surface area contributed by atoms with E-state index in [-0.39, 0.29) is 11.2 Å². The van der Waals surface area contributed by atoms with Crippen LogP contribution in [0.25, 0.3) is 0 Å². The maximum absolute atomic E-state index is 12.0. The smallest absolute Gasteiger partial charge is 0.155 e. The van der Waals surface area contributed by atoms with E-state index in [9.17, 15) is 8.42 Å². The number of nitrogens with two attached hydrogens (primary N) is 1. The lowest BCUT2D eigenvalue weighted by Crippen LogP contribution is -2.36. The van der Waals surface area contributed by atoms with Crippen LogP contribution in [0.3, 0.4) is 0 Å². The monoisotopic (exact) mass is 247 g/mol. The van der Waals surface area contributed by atoms with E-state index >= 15 is 0 Å². The van der Waals surface area contributed by atoms with Crippen molar-refractivity contribution in [1.82, 2.24) is 0 Å². The van der Waals surface area contributed by atoms with Crippen molar-refractivity contribution in [2.24, 2.45) is 17.1 Å². The normalized spacial score (nSPS) is 21.8. The first kappa shape index (κ1) is 14.0. The molecule has 0 spiro atoms. The summed E-state index contributed by atoms with van der Waals surface area (Å²) >= 11 is 0. The van der Waals surface area contributed by atoms with Crippen molar-refractivity contribution in [3.63, 3.8) is 0 Å². The third-order valence-corrected chi connectivity index (χ3v) is 6.51. The van der Waals surface area contributed by atoms with Crippen molar-refractivity contribution < 1.29 is 8.42 Å². The Morgan fingerprint density at radius 3 is 2.00 bits per heavy atom. The van der Waals surface area contributed by atoms with Gasteiger partial charge in [-0.25, -0.2) is 8.42 Å². The lowest BCUT2D eigenvalue weighted by Gasteiger charge is -2.29. The van der Waals surface area contributed by atoms with Gasteiger partial charge in [0.2, 0.25) is 0 Å². The fourth-order valence-electron chi connectivity index (χ4n) is 1.93. The Labute approximate surface area is 99.7 Å². The fraction of sp³-hybridized carbons (Fsp3) is 1.00. The molecule has 0 aromatic rings. The summed E-state index contributed by atoms with van der Waals surface area (Å²) < 4.78 is 23.4. The van der Waals surface area contributed by atoms with Crippen LogP contribution < -0.4 is 5.73 Å². The zero-order chi connectivity index (χ0) is 12.6. The standard InChI is InChI=1S/C12H25NO2S/c1-11(2,3)16(14,15)8-7-12(4,9-13)10-5-6-10/h10H,5-9,13H2,1-4H3. The van der Waals surface area contributed by atoms with Crippen LogP contribution in [0.1, 0.15) is 47.0 Å². The molecule has 0 heterocycles. The van der Waals surface area contributed by atoms with Crippen molar-refractivity contribution >= 4 is 9.84 Å². The molecule has 4 heteroatoms. The van der Waals surface area contributed by atoms with Gasteiger partial charge in [0.25, 0.3) is 0 Å². The minimum absolute atomic E-state index is 0.0261. The van der Waals surface area contributed by atoms with Gasteiger partial charge in [0.05, 0.1) is 10.5 Å². The summed E-state index contributed by atoms with van der Waals surface area (Å²) in [5.74, 6) is 0.911. The lowest BCUT2D eigenvalue weighted by molar-refractivity contribution is 0.273. The van der Waals surface area contributed by atoms with Crippen LogP contribution in [0.15, 0.2) is 0 Å². The first-order chi connectivity index (χ1) is 7.12. The van der Waals surface area contributed by atoms with Crippen molar-refractivity contribution in [3.05, 3.63) is 0 Å². The molecule has 0 radical (unpaired) electrons. The fourth-order valence-corrected chi connectivity index (χ4v) is 3.27. The van der Waals surface area contributed by atoms with Gasteiger partial charge in [-0.2, -0.15) is 0 Å². The summed E-state index contributed by atoms with van der Waals surface area (Å²) in [7, 11) is -3.00. The van der Waals surface area contributed by atoms with Crippen molar-refractivity contribution in [1.29, 1.82) is 0 Å². The third kappa shape index (κ3) is 2.98. The van der Waals surface area contributed by atoms with E-state index in [4.69, 9.17) is 5.73 Å². The van der Waals surface area contributed by atoms with Gasteiger partial charge in [-0.15, -0.1) is 0 Å². The summed E-state index contributed by atoms with van der Waals surface area (Å²) in [6.07, 6.45) is 3.13. The number of hydrogen-bond donors (Lipinski definition) is 1. The molecule has 1 aliphatic carbocycles. The zero-order valence-electron chi connectivity index (χ0n) is 10.9. The average Bonchev–Trinajstić information content (AvgIpc) is 2.96. The van der Waals surface area contributed by atoms with Crippen LogP contribution in [-0.2, 0) is 9.84 Å². The zero-order valence-corrected chi connectivity index (χ0v) is 11.7. The van der Waals surface area contributed by atoms with E-state index in [2.05, 4.69) is 6.92 Å². The summed E-state index contributed by atoms with van der Waals surface area (Å²) in [6.45, 7) is 8.01. The number of hydrogen-bond acceptors (Lipinski definition) is 3. The Morgan fingerprint density at radius 1 is 1.19 bits per heavy atom. The number of sulfone groups is 1. The van der Waals surface area contributed by atoms with Gasteiger partial charge in [-0.05, 0) is 57.9 Å². The average molecular weight is 247 g/mol. The molecule has 3 nitrogen and oxygen atoms in total. The molecular weight excluding hydrogens is 222 g/mol. The van der Waals surface area contributed by atoms with Gasteiger partial charge >= 0.3 is 0 Å². The second-order valence-electron chi connectivity index (χ2n) is 6.31. The molecule has 1 atom stereocenters. The Hall–Kier alpha value is -0.0900. The van der Waals surface area contributed by atoms with Crippen molar-refractivity contribution in [2.45, 2.75) is 51.7 Å². The van der Waals surface area contributed by atoms with E-state index in [0.29, 0.717) is 18.9 Å². The van der Waals surface area contributed by atoms with E-state index in [1.807, 2.05) is 0 Å². The summed E-state index contributed by atoms with van der Waals surface area (Å²) in [5.41, 5.74) is 5.82. The molecule has 1 unspecified atom stereocenters. The molecule has 0 aliphatic heterocycles. The molecule has 0 aromatic heterocycles. The van der Waals surface area contributed by atoms with Crippen LogP contribution in [0.2, 0.25) is 0 Å². The highest BCUT2D eigenvalue weighted by atomic mass is 32.2. The largest absolute Gasteiger partial charge is 0.330 e. The summed E-state index contributed by atoms with van der Waals surface area (Å²) in [6, 6.07) is 0. The van der Waals surface area contributed by atoms with Crippen LogP contribution in [0.4, 0.5) is 0 Å². The van der Waals surface area contributed by atoms with Crippen LogP contribution in [0.5, 0.6) is 0 Å². The molecule has 0 bridgehead atoms. The first-order valence-corrected chi connectivity index (χ1v) is 7.70. The second-order valence-corrected chi connectivity index (χ2v) is 9.18. The molecule has 1 aliphatic rings. The molecule has 0 saturated heterocycles. The molecule has 2 N–H and O–H groups in total. The summed E-state index contributed by atoms with van der Waals surface area (Å²) in [5, 5.41) is 0. The first-order valence-electron chi connectivity index (χ1n) is 6.05.